The van der Waals surface area contributed by atoms with E-state index in [1.165, 1.54) is 0 Å². The van der Waals surface area contributed by atoms with Crippen molar-refractivity contribution in [3.05, 3.63) is 23.7 Å². The molecule has 2 amide bonds. The number of hydrogen-bond donors (Lipinski definition) is 3. The van der Waals surface area contributed by atoms with Crippen molar-refractivity contribution in [2.45, 2.75) is 39.8 Å². The summed E-state index contributed by atoms with van der Waals surface area (Å²) in [5.74, 6) is 0.552. The number of nitrogens with one attached hydrogen (secondary N) is 2. The molecular formula is C13H20N2O4. The number of furan rings is 1. The standard InChI is InChI=1S/C13H20N2O4/c1-8(2)6-11(12(16)17)15-13(18)14-7-10-5-4-9(3)19-10/h4-5,8,11H,6-7H2,1-3H3,(H,16,17)(H2,14,15,18)/t11-/m1/s1. The fourth-order valence-corrected chi connectivity index (χ4v) is 1.65. The normalized spacial score (nSPS) is 12.2. The van der Waals surface area contributed by atoms with Gasteiger partial charge >= 0.3 is 12.0 Å². The summed E-state index contributed by atoms with van der Waals surface area (Å²) < 4.78 is 5.29. The topological polar surface area (TPSA) is 91.6 Å². The summed E-state index contributed by atoms with van der Waals surface area (Å²) in [7, 11) is 0. The predicted molar refractivity (Wildman–Crippen MR) is 69.7 cm³/mol. The van der Waals surface area contributed by atoms with E-state index < -0.39 is 18.0 Å². The largest absolute Gasteiger partial charge is 0.480 e. The van der Waals surface area contributed by atoms with Crippen LogP contribution in [-0.2, 0) is 11.3 Å². The molecule has 0 saturated carbocycles. The number of aliphatic carboxylic acids is 1. The number of carbonyl (C=O) groups is 2. The maximum Gasteiger partial charge on any atom is 0.326 e. The molecule has 6 nitrogen and oxygen atoms in total. The molecule has 0 spiro atoms. The number of urea groups is 1. The minimum absolute atomic E-state index is 0.189. The van der Waals surface area contributed by atoms with E-state index in [1.807, 2.05) is 20.8 Å². The van der Waals surface area contributed by atoms with Gasteiger partial charge in [0, 0.05) is 0 Å². The van der Waals surface area contributed by atoms with Crippen molar-refractivity contribution in [3.8, 4) is 0 Å². The lowest BCUT2D eigenvalue weighted by molar-refractivity contribution is -0.139. The third kappa shape index (κ3) is 5.46. The third-order valence-electron chi connectivity index (χ3n) is 2.53. The molecule has 0 aliphatic heterocycles. The lowest BCUT2D eigenvalue weighted by Gasteiger charge is -2.16. The first-order valence-corrected chi connectivity index (χ1v) is 6.21. The van der Waals surface area contributed by atoms with Gasteiger partial charge in [0.15, 0.2) is 0 Å². The molecule has 0 aromatic carbocycles. The predicted octanol–water partition coefficient (Wildman–Crippen LogP) is 1.89. The molecule has 0 fully saturated rings. The molecule has 0 aliphatic rings. The van der Waals surface area contributed by atoms with Crippen molar-refractivity contribution in [2.75, 3.05) is 0 Å². The van der Waals surface area contributed by atoms with Crippen LogP contribution in [-0.4, -0.2) is 23.1 Å². The number of rotatable bonds is 6. The monoisotopic (exact) mass is 268 g/mol. The van der Waals surface area contributed by atoms with Gasteiger partial charge in [-0.25, -0.2) is 9.59 Å². The Morgan fingerprint density at radius 2 is 2.05 bits per heavy atom. The summed E-state index contributed by atoms with van der Waals surface area (Å²) in [5, 5.41) is 14.0. The summed E-state index contributed by atoms with van der Waals surface area (Å²) >= 11 is 0. The van der Waals surface area contributed by atoms with Crippen LogP contribution in [0.4, 0.5) is 4.79 Å². The van der Waals surface area contributed by atoms with Crippen LogP contribution < -0.4 is 10.6 Å². The third-order valence-corrected chi connectivity index (χ3v) is 2.53. The highest BCUT2D eigenvalue weighted by Gasteiger charge is 2.20. The number of aryl methyl sites for hydroxylation is 1. The molecule has 1 aromatic rings. The Hall–Kier alpha value is -1.98. The second-order valence-electron chi connectivity index (χ2n) is 4.86. The number of carboxylic acid groups (broad SMARTS) is 1. The Morgan fingerprint density at radius 3 is 2.53 bits per heavy atom. The van der Waals surface area contributed by atoms with Crippen molar-refractivity contribution >= 4 is 12.0 Å². The number of carboxylic acids is 1. The summed E-state index contributed by atoms with van der Waals surface area (Å²) in [6, 6.07) is 2.17. The Morgan fingerprint density at radius 1 is 1.37 bits per heavy atom. The van der Waals surface area contributed by atoms with Crippen molar-refractivity contribution in [1.29, 1.82) is 0 Å². The van der Waals surface area contributed by atoms with Gasteiger partial charge in [0.25, 0.3) is 0 Å². The van der Waals surface area contributed by atoms with Crippen molar-refractivity contribution in [2.24, 2.45) is 5.92 Å². The highest BCUT2D eigenvalue weighted by Crippen LogP contribution is 2.06. The molecule has 1 atom stereocenters. The molecule has 19 heavy (non-hydrogen) atoms. The second kappa shape index (κ2) is 6.82. The molecular weight excluding hydrogens is 248 g/mol. The first-order valence-electron chi connectivity index (χ1n) is 6.21. The van der Waals surface area contributed by atoms with Crippen molar-refractivity contribution in [3.63, 3.8) is 0 Å². The Labute approximate surface area is 112 Å². The molecule has 1 aromatic heterocycles. The Kier molecular flexibility index (Phi) is 5.41. The minimum Gasteiger partial charge on any atom is -0.480 e. The fourth-order valence-electron chi connectivity index (χ4n) is 1.65. The van der Waals surface area contributed by atoms with Gasteiger partial charge in [-0.1, -0.05) is 13.8 Å². The summed E-state index contributed by atoms with van der Waals surface area (Å²) in [4.78, 5) is 22.6. The number of amides is 2. The molecule has 3 N–H and O–H groups in total. The zero-order valence-corrected chi connectivity index (χ0v) is 11.4. The highest BCUT2D eigenvalue weighted by atomic mass is 16.4. The fraction of sp³-hybridized carbons (Fsp3) is 0.538. The van der Waals surface area contributed by atoms with Gasteiger partial charge in [-0.2, -0.15) is 0 Å². The van der Waals surface area contributed by atoms with E-state index in [9.17, 15) is 9.59 Å². The van der Waals surface area contributed by atoms with Gasteiger partial charge in [-0.3, -0.25) is 0 Å². The van der Waals surface area contributed by atoms with Gasteiger partial charge < -0.3 is 20.2 Å². The molecule has 1 rings (SSSR count). The molecule has 0 saturated heterocycles. The maximum absolute atomic E-state index is 11.6. The van der Waals surface area contributed by atoms with Crippen molar-refractivity contribution < 1.29 is 19.1 Å². The van der Waals surface area contributed by atoms with Crippen LogP contribution in [0.5, 0.6) is 0 Å². The van der Waals surface area contributed by atoms with E-state index in [0.29, 0.717) is 12.2 Å². The van der Waals surface area contributed by atoms with Crippen LogP contribution in [0.15, 0.2) is 16.5 Å². The molecule has 0 radical (unpaired) electrons. The van der Waals surface area contributed by atoms with E-state index in [4.69, 9.17) is 9.52 Å². The van der Waals surface area contributed by atoms with Crippen LogP contribution in [0.3, 0.4) is 0 Å². The lowest BCUT2D eigenvalue weighted by atomic mass is 10.0. The maximum atomic E-state index is 11.6. The number of carbonyl (C=O) groups excluding carboxylic acids is 1. The molecule has 0 aliphatic carbocycles. The van der Waals surface area contributed by atoms with Gasteiger partial charge in [-0.15, -0.1) is 0 Å². The van der Waals surface area contributed by atoms with E-state index >= 15 is 0 Å². The van der Waals surface area contributed by atoms with E-state index in [1.54, 1.807) is 12.1 Å². The van der Waals surface area contributed by atoms with E-state index in [0.717, 1.165) is 5.76 Å². The summed E-state index contributed by atoms with van der Waals surface area (Å²) in [6.07, 6.45) is 0.391. The zero-order chi connectivity index (χ0) is 14.4. The minimum atomic E-state index is -1.03. The highest BCUT2D eigenvalue weighted by molar-refractivity contribution is 5.82. The Balaban J connectivity index is 2.42. The smallest absolute Gasteiger partial charge is 0.326 e. The van der Waals surface area contributed by atoms with E-state index in [-0.39, 0.29) is 12.5 Å². The van der Waals surface area contributed by atoms with Gasteiger partial charge in [0.2, 0.25) is 0 Å². The second-order valence-corrected chi connectivity index (χ2v) is 4.86. The van der Waals surface area contributed by atoms with Crippen LogP contribution in [0, 0.1) is 12.8 Å². The van der Waals surface area contributed by atoms with Crippen LogP contribution in [0.1, 0.15) is 31.8 Å². The van der Waals surface area contributed by atoms with Crippen LogP contribution in [0.2, 0.25) is 0 Å². The Bertz CT molecular complexity index is 440. The molecule has 6 heteroatoms. The lowest BCUT2D eigenvalue weighted by Crippen LogP contribution is -2.46. The van der Waals surface area contributed by atoms with Crippen LogP contribution >= 0.6 is 0 Å². The molecule has 0 unspecified atom stereocenters. The average Bonchev–Trinajstić information content (AvgIpc) is 2.71. The van der Waals surface area contributed by atoms with Gasteiger partial charge in [0.1, 0.15) is 17.6 Å². The van der Waals surface area contributed by atoms with Gasteiger partial charge in [0.05, 0.1) is 6.54 Å². The first kappa shape index (κ1) is 15.1. The molecule has 0 bridgehead atoms. The number of hydrogen-bond acceptors (Lipinski definition) is 3. The summed E-state index contributed by atoms with van der Waals surface area (Å²) in [5.41, 5.74) is 0. The zero-order valence-electron chi connectivity index (χ0n) is 11.4. The summed E-state index contributed by atoms with van der Waals surface area (Å²) in [6.45, 7) is 5.85. The van der Waals surface area contributed by atoms with Crippen molar-refractivity contribution in [1.82, 2.24) is 10.6 Å². The first-order chi connectivity index (χ1) is 8.88. The molecule has 106 valence electrons. The van der Waals surface area contributed by atoms with E-state index in [2.05, 4.69) is 10.6 Å². The SMILES string of the molecule is Cc1ccc(CNC(=O)N[C@H](CC(C)C)C(=O)O)o1. The van der Waals surface area contributed by atoms with Gasteiger partial charge in [-0.05, 0) is 31.4 Å². The quantitative estimate of drug-likeness (QED) is 0.734. The van der Waals surface area contributed by atoms with Crippen LogP contribution in [0.25, 0.3) is 0 Å². The average molecular weight is 268 g/mol. The molecule has 1 heterocycles.